The third-order valence-corrected chi connectivity index (χ3v) is 2.39. The van der Waals surface area contributed by atoms with Gasteiger partial charge in [0.15, 0.2) is 0 Å². The Morgan fingerprint density at radius 3 is 2.76 bits per heavy atom. The molecule has 1 aromatic heterocycles. The second-order valence-electron chi connectivity index (χ2n) is 4.07. The Hall–Kier alpha value is -1.40. The van der Waals surface area contributed by atoms with Crippen LogP contribution < -0.4 is 5.73 Å². The zero-order chi connectivity index (χ0) is 13.0. The summed E-state index contributed by atoms with van der Waals surface area (Å²) in [5, 5.41) is 14.0. The fourth-order valence-corrected chi connectivity index (χ4v) is 1.36. The van der Waals surface area contributed by atoms with E-state index in [0.717, 1.165) is 0 Å². The van der Waals surface area contributed by atoms with Gasteiger partial charge in [0.2, 0.25) is 0 Å². The summed E-state index contributed by atoms with van der Waals surface area (Å²) in [6.07, 6.45) is 2.08. The van der Waals surface area contributed by atoms with E-state index in [4.69, 9.17) is 10.5 Å². The lowest BCUT2D eigenvalue weighted by atomic mass is 10.1. The van der Waals surface area contributed by atoms with E-state index >= 15 is 0 Å². The lowest BCUT2D eigenvalue weighted by molar-refractivity contribution is -0.147. The fourth-order valence-electron chi connectivity index (χ4n) is 1.36. The molecule has 0 aliphatic heterocycles. The zero-order valence-corrected chi connectivity index (χ0v) is 10.3. The Morgan fingerprint density at radius 2 is 2.29 bits per heavy atom. The number of aliphatic hydroxyl groups is 1. The van der Waals surface area contributed by atoms with E-state index in [1.807, 2.05) is 13.8 Å². The first-order chi connectivity index (χ1) is 7.97. The second-order valence-corrected chi connectivity index (χ2v) is 4.07. The SMILES string of the molecule is CCOC(=O)C(N)C(O)c1cnn(C(C)C)c1. The topological polar surface area (TPSA) is 90.4 Å². The highest BCUT2D eigenvalue weighted by Gasteiger charge is 2.26. The van der Waals surface area contributed by atoms with Crippen LogP contribution in [0.5, 0.6) is 0 Å². The number of hydrogen-bond donors (Lipinski definition) is 2. The first kappa shape index (κ1) is 13.7. The minimum absolute atomic E-state index is 0.190. The fraction of sp³-hybridized carbons (Fsp3) is 0.636. The van der Waals surface area contributed by atoms with Crippen LogP contribution in [-0.2, 0) is 9.53 Å². The first-order valence-electron chi connectivity index (χ1n) is 5.61. The van der Waals surface area contributed by atoms with Crippen LogP contribution in [0.25, 0.3) is 0 Å². The van der Waals surface area contributed by atoms with Gasteiger partial charge in [-0.1, -0.05) is 0 Å². The summed E-state index contributed by atoms with van der Waals surface area (Å²) in [6, 6.07) is -0.894. The predicted molar refractivity (Wildman–Crippen MR) is 62.2 cm³/mol. The van der Waals surface area contributed by atoms with Crippen molar-refractivity contribution in [1.29, 1.82) is 0 Å². The maximum Gasteiger partial charge on any atom is 0.325 e. The van der Waals surface area contributed by atoms with Crippen molar-refractivity contribution in [2.45, 2.75) is 39.0 Å². The van der Waals surface area contributed by atoms with Crippen molar-refractivity contribution < 1.29 is 14.6 Å². The molecule has 2 atom stereocenters. The van der Waals surface area contributed by atoms with Crippen LogP contribution in [0.1, 0.15) is 38.5 Å². The summed E-state index contributed by atoms with van der Waals surface area (Å²) in [4.78, 5) is 11.4. The molecule has 0 aliphatic carbocycles. The van der Waals surface area contributed by atoms with Crippen LogP contribution in [0.15, 0.2) is 12.4 Å². The van der Waals surface area contributed by atoms with E-state index in [-0.39, 0.29) is 12.6 Å². The molecule has 0 bridgehead atoms. The monoisotopic (exact) mass is 241 g/mol. The Bertz CT molecular complexity index is 376. The van der Waals surface area contributed by atoms with Crippen LogP contribution in [0.4, 0.5) is 0 Å². The molecule has 0 aliphatic rings. The average molecular weight is 241 g/mol. The van der Waals surface area contributed by atoms with Crippen molar-refractivity contribution in [3.05, 3.63) is 18.0 Å². The van der Waals surface area contributed by atoms with E-state index < -0.39 is 18.1 Å². The molecule has 6 nitrogen and oxygen atoms in total. The van der Waals surface area contributed by atoms with E-state index in [2.05, 4.69) is 5.10 Å². The molecular formula is C11H19N3O3. The second kappa shape index (κ2) is 5.79. The average Bonchev–Trinajstić information content (AvgIpc) is 2.76. The molecule has 6 heteroatoms. The van der Waals surface area contributed by atoms with Crippen LogP contribution in [0.3, 0.4) is 0 Å². The minimum atomic E-state index is -1.10. The van der Waals surface area contributed by atoms with Gasteiger partial charge >= 0.3 is 5.97 Å². The summed E-state index contributed by atoms with van der Waals surface area (Å²) in [7, 11) is 0. The van der Waals surface area contributed by atoms with Gasteiger partial charge in [0.25, 0.3) is 0 Å². The van der Waals surface area contributed by atoms with Crippen molar-refractivity contribution in [3.63, 3.8) is 0 Å². The number of carbonyl (C=O) groups is 1. The summed E-state index contributed by atoms with van der Waals surface area (Å²) < 4.78 is 6.44. The Kier molecular flexibility index (Phi) is 4.65. The molecule has 0 radical (unpaired) electrons. The number of ether oxygens (including phenoxy) is 1. The van der Waals surface area contributed by atoms with E-state index in [0.29, 0.717) is 5.56 Å². The number of esters is 1. The predicted octanol–water partition coefficient (Wildman–Crippen LogP) is 0.388. The number of aliphatic hydroxyl groups excluding tert-OH is 1. The highest BCUT2D eigenvalue weighted by molar-refractivity contribution is 5.76. The zero-order valence-electron chi connectivity index (χ0n) is 10.3. The quantitative estimate of drug-likeness (QED) is 0.728. The third-order valence-electron chi connectivity index (χ3n) is 2.39. The maximum absolute atomic E-state index is 11.4. The Balaban J connectivity index is 2.74. The molecule has 17 heavy (non-hydrogen) atoms. The number of rotatable bonds is 5. The van der Waals surface area contributed by atoms with Gasteiger partial charge in [-0.3, -0.25) is 9.48 Å². The van der Waals surface area contributed by atoms with Crippen molar-refractivity contribution in [2.75, 3.05) is 6.61 Å². The van der Waals surface area contributed by atoms with Gasteiger partial charge in [0.1, 0.15) is 12.1 Å². The maximum atomic E-state index is 11.4. The summed E-state index contributed by atoms with van der Waals surface area (Å²) in [6.45, 7) is 5.86. The molecule has 2 unspecified atom stereocenters. The third kappa shape index (κ3) is 3.28. The number of aromatic nitrogens is 2. The number of hydrogen-bond acceptors (Lipinski definition) is 5. The van der Waals surface area contributed by atoms with Crippen molar-refractivity contribution >= 4 is 5.97 Å². The highest BCUT2D eigenvalue weighted by atomic mass is 16.5. The summed E-state index contributed by atoms with van der Waals surface area (Å²) in [5.74, 6) is -0.614. The van der Waals surface area contributed by atoms with Gasteiger partial charge in [-0.05, 0) is 20.8 Å². The standard InChI is InChI=1S/C11H19N3O3/c1-4-17-11(16)9(12)10(15)8-5-13-14(6-8)7(2)3/h5-7,9-10,15H,4,12H2,1-3H3. The molecule has 0 saturated carbocycles. The van der Waals surface area contributed by atoms with Crippen LogP contribution in [-0.4, -0.2) is 33.5 Å². The van der Waals surface area contributed by atoms with Gasteiger partial charge in [-0.25, -0.2) is 0 Å². The molecule has 3 N–H and O–H groups in total. The van der Waals surface area contributed by atoms with Gasteiger partial charge in [-0.2, -0.15) is 5.10 Å². The molecule has 1 heterocycles. The smallest absolute Gasteiger partial charge is 0.325 e. The van der Waals surface area contributed by atoms with E-state index in [9.17, 15) is 9.90 Å². The van der Waals surface area contributed by atoms with E-state index in [1.54, 1.807) is 17.8 Å². The number of nitrogens with zero attached hydrogens (tertiary/aromatic N) is 2. The van der Waals surface area contributed by atoms with Gasteiger partial charge in [0, 0.05) is 17.8 Å². The molecule has 0 aromatic carbocycles. The molecule has 1 rings (SSSR count). The molecule has 0 amide bonds. The molecule has 0 fully saturated rings. The minimum Gasteiger partial charge on any atom is -0.465 e. The van der Waals surface area contributed by atoms with Crippen LogP contribution >= 0.6 is 0 Å². The van der Waals surface area contributed by atoms with Gasteiger partial charge in [0.05, 0.1) is 12.8 Å². The molecule has 0 saturated heterocycles. The highest BCUT2D eigenvalue weighted by Crippen LogP contribution is 2.17. The number of carbonyl (C=O) groups excluding carboxylic acids is 1. The lowest BCUT2D eigenvalue weighted by Crippen LogP contribution is -2.38. The van der Waals surface area contributed by atoms with Gasteiger partial charge < -0.3 is 15.6 Å². The van der Waals surface area contributed by atoms with Crippen molar-refractivity contribution in [2.24, 2.45) is 5.73 Å². The Morgan fingerprint density at radius 1 is 1.65 bits per heavy atom. The van der Waals surface area contributed by atoms with E-state index in [1.165, 1.54) is 6.20 Å². The molecule has 0 spiro atoms. The molecule has 1 aromatic rings. The summed E-state index contributed by atoms with van der Waals surface area (Å²) in [5.41, 5.74) is 6.12. The van der Waals surface area contributed by atoms with Crippen LogP contribution in [0.2, 0.25) is 0 Å². The normalized spacial score (nSPS) is 14.7. The molecular weight excluding hydrogens is 222 g/mol. The summed E-state index contributed by atoms with van der Waals surface area (Å²) >= 11 is 0. The molecule has 96 valence electrons. The van der Waals surface area contributed by atoms with Gasteiger partial charge in [-0.15, -0.1) is 0 Å². The van der Waals surface area contributed by atoms with Crippen molar-refractivity contribution in [1.82, 2.24) is 9.78 Å². The Labute approximate surface area is 100 Å². The van der Waals surface area contributed by atoms with Crippen molar-refractivity contribution in [3.8, 4) is 0 Å². The number of nitrogens with two attached hydrogens (primary N) is 1. The lowest BCUT2D eigenvalue weighted by Gasteiger charge is -2.15. The first-order valence-corrected chi connectivity index (χ1v) is 5.61. The van der Waals surface area contributed by atoms with Crippen LogP contribution in [0, 0.1) is 0 Å². The largest absolute Gasteiger partial charge is 0.465 e.